The lowest BCUT2D eigenvalue weighted by atomic mass is 10.1. The third-order valence-electron chi connectivity index (χ3n) is 3.89. The summed E-state index contributed by atoms with van der Waals surface area (Å²) in [6.07, 6.45) is 0.986. The van der Waals surface area contributed by atoms with Gasteiger partial charge in [-0.3, -0.25) is 4.79 Å². The van der Waals surface area contributed by atoms with Crippen LogP contribution < -0.4 is 10.1 Å². The van der Waals surface area contributed by atoms with Gasteiger partial charge in [0.05, 0.1) is 18.7 Å². The number of hydrogen-bond donors (Lipinski definition) is 1. The highest BCUT2D eigenvalue weighted by Gasteiger charge is 2.11. The van der Waals surface area contributed by atoms with Crippen LogP contribution in [0.3, 0.4) is 0 Å². The maximum Gasteiger partial charge on any atom is 0.337 e. The van der Waals surface area contributed by atoms with Crippen LogP contribution in [0.2, 0.25) is 0 Å². The molecule has 1 atom stereocenters. The van der Waals surface area contributed by atoms with Crippen molar-refractivity contribution in [1.82, 2.24) is 5.32 Å². The van der Waals surface area contributed by atoms with Crippen LogP contribution in [0.4, 0.5) is 0 Å². The molecule has 0 aromatic heterocycles. The SMILES string of the molecule is CCc1ccc([C@H](C)NC(=O)COc2cccc(C(=O)OC)c2)cc1. The van der Waals surface area contributed by atoms with Crippen molar-refractivity contribution in [3.63, 3.8) is 0 Å². The number of esters is 1. The summed E-state index contributed by atoms with van der Waals surface area (Å²) in [5, 5.41) is 2.90. The van der Waals surface area contributed by atoms with Crippen molar-refractivity contribution >= 4 is 11.9 Å². The van der Waals surface area contributed by atoms with Crippen LogP contribution in [0.5, 0.6) is 5.75 Å². The smallest absolute Gasteiger partial charge is 0.337 e. The van der Waals surface area contributed by atoms with E-state index < -0.39 is 5.97 Å². The Bertz CT molecular complexity index is 725. The van der Waals surface area contributed by atoms with Crippen molar-refractivity contribution in [2.75, 3.05) is 13.7 Å². The number of carbonyl (C=O) groups is 2. The first-order chi connectivity index (χ1) is 12.0. The number of hydrogen-bond acceptors (Lipinski definition) is 4. The second kappa shape index (κ2) is 8.87. The molecule has 0 unspecified atom stereocenters. The third kappa shape index (κ3) is 5.35. The van der Waals surface area contributed by atoms with Gasteiger partial charge >= 0.3 is 5.97 Å². The highest BCUT2D eigenvalue weighted by atomic mass is 16.5. The Morgan fingerprint density at radius 1 is 1.12 bits per heavy atom. The zero-order chi connectivity index (χ0) is 18.2. The summed E-state index contributed by atoms with van der Waals surface area (Å²) in [6.45, 7) is 3.91. The Kier molecular flexibility index (Phi) is 6.57. The minimum atomic E-state index is -0.445. The number of benzene rings is 2. The molecule has 5 nitrogen and oxygen atoms in total. The molecular weight excluding hydrogens is 318 g/mol. The van der Waals surface area contributed by atoms with Gasteiger partial charge in [-0.1, -0.05) is 37.3 Å². The number of methoxy groups -OCH3 is 1. The second-order valence-electron chi connectivity index (χ2n) is 5.69. The van der Waals surface area contributed by atoms with Gasteiger partial charge in [-0.25, -0.2) is 4.79 Å². The second-order valence-corrected chi connectivity index (χ2v) is 5.69. The van der Waals surface area contributed by atoms with Gasteiger partial charge < -0.3 is 14.8 Å². The fourth-order valence-electron chi connectivity index (χ4n) is 2.39. The van der Waals surface area contributed by atoms with Crippen LogP contribution in [0.25, 0.3) is 0 Å². The molecule has 1 N–H and O–H groups in total. The van der Waals surface area contributed by atoms with E-state index in [1.54, 1.807) is 24.3 Å². The van der Waals surface area contributed by atoms with Crippen molar-refractivity contribution in [3.8, 4) is 5.75 Å². The fraction of sp³-hybridized carbons (Fsp3) is 0.300. The summed E-state index contributed by atoms with van der Waals surface area (Å²) in [6, 6.07) is 14.6. The molecule has 0 saturated carbocycles. The molecule has 0 saturated heterocycles. The van der Waals surface area contributed by atoms with Crippen LogP contribution in [0.1, 0.15) is 41.4 Å². The van der Waals surface area contributed by atoms with Gasteiger partial charge in [0.15, 0.2) is 6.61 Å². The van der Waals surface area contributed by atoms with Crippen LogP contribution in [0.15, 0.2) is 48.5 Å². The average molecular weight is 341 g/mol. The molecule has 0 bridgehead atoms. The van der Waals surface area contributed by atoms with E-state index in [2.05, 4.69) is 29.1 Å². The fourth-order valence-corrected chi connectivity index (χ4v) is 2.39. The first kappa shape index (κ1) is 18.5. The Morgan fingerprint density at radius 2 is 1.84 bits per heavy atom. The summed E-state index contributed by atoms with van der Waals surface area (Å²) < 4.78 is 10.1. The number of nitrogens with one attached hydrogen (secondary N) is 1. The van der Waals surface area contributed by atoms with E-state index in [4.69, 9.17) is 4.74 Å². The van der Waals surface area contributed by atoms with Crippen LogP contribution >= 0.6 is 0 Å². The van der Waals surface area contributed by atoms with Gasteiger partial charge in [0.1, 0.15) is 5.75 Å². The number of amides is 1. The first-order valence-electron chi connectivity index (χ1n) is 8.23. The van der Waals surface area contributed by atoms with E-state index in [9.17, 15) is 9.59 Å². The Balaban J connectivity index is 1.88. The van der Waals surface area contributed by atoms with E-state index in [1.807, 2.05) is 19.1 Å². The molecule has 2 aromatic rings. The van der Waals surface area contributed by atoms with Crippen molar-refractivity contribution < 1.29 is 19.1 Å². The van der Waals surface area contributed by atoms with E-state index in [0.29, 0.717) is 11.3 Å². The van der Waals surface area contributed by atoms with E-state index >= 15 is 0 Å². The third-order valence-corrected chi connectivity index (χ3v) is 3.89. The lowest BCUT2D eigenvalue weighted by Gasteiger charge is -2.15. The molecule has 25 heavy (non-hydrogen) atoms. The highest BCUT2D eigenvalue weighted by Crippen LogP contribution is 2.15. The zero-order valence-electron chi connectivity index (χ0n) is 14.7. The lowest BCUT2D eigenvalue weighted by molar-refractivity contribution is -0.123. The van der Waals surface area contributed by atoms with Gasteiger partial charge in [0, 0.05) is 0 Å². The van der Waals surface area contributed by atoms with E-state index in [-0.39, 0.29) is 18.6 Å². The normalized spacial score (nSPS) is 11.5. The lowest BCUT2D eigenvalue weighted by Crippen LogP contribution is -2.31. The molecular formula is C20H23NO4. The van der Waals surface area contributed by atoms with E-state index in [1.165, 1.54) is 12.7 Å². The summed E-state index contributed by atoms with van der Waals surface area (Å²) in [5.41, 5.74) is 2.68. The summed E-state index contributed by atoms with van der Waals surface area (Å²) in [7, 11) is 1.32. The highest BCUT2D eigenvalue weighted by molar-refractivity contribution is 5.89. The minimum absolute atomic E-state index is 0.108. The molecule has 0 spiro atoms. The molecule has 2 rings (SSSR count). The van der Waals surface area contributed by atoms with Gasteiger partial charge in [-0.05, 0) is 42.7 Å². The molecule has 0 fully saturated rings. The number of ether oxygens (including phenoxy) is 2. The van der Waals surface area contributed by atoms with Gasteiger partial charge in [-0.15, -0.1) is 0 Å². The number of carbonyl (C=O) groups excluding carboxylic acids is 2. The van der Waals surface area contributed by atoms with Gasteiger partial charge in [0.25, 0.3) is 5.91 Å². The van der Waals surface area contributed by atoms with Crippen LogP contribution in [0, 0.1) is 0 Å². The Morgan fingerprint density at radius 3 is 2.48 bits per heavy atom. The quantitative estimate of drug-likeness (QED) is 0.785. The molecule has 5 heteroatoms. The molecule has 1 amide bonds. The average Bonchev–Trinajstić information content (AvgIpc) is 2.66. The van der Waals surface area contributed by atoms with Crippen LogP contribution in [-0.2, 0) is 16.0 Å². The van der Waals surface area contributed by atoms with Gasteiger partial charge in [-0.2, -0.15) is 0 Å². The Labute approximate surface area is 148 Å². The molecule has 132 valence electrons. The number of aryl methyl sites for hydroxylation is 1. The summed E-state index contributed by atoms with van der Waals surface area (Å²) in [5.74, 6) is -0.229. The van der Waals surface area contributed by atoms with Crippen molar-refractivity contribution in [2.45, 2.75) is 26.3 Å². The largest absolute Gasteiger partial charge is 0.484 e. The molecule has 0 aliphatic heterocycles. The molecule has 2 aromatic carbocycles. The zero-order valence-corrected chi connectivity index (χ0v) is 14.7. The van der Waals surface area contributed by atoms with E-state index in [0.717, 1.165) is 12.0 Å². The molecule has 0 radical (unpaired) electrons. The topological polar surface area (TPSA) is 64.6 Å². The molecule has 0 heterocycles. The van der Waals surface area contributed by atoms with Crippen molar-refractivity contribution in [1.29, 1.82) is 0 Å². The Hall–Kier alpha value is -2.82. The van der Waals surface area contributed by atoms with Crippen molar-refractivity contribution in [2.24, 2.45) is 0 Å². The summed E-state index contributed by atoms with van der Waals surface area (Å²) in [4.78, 5) is 23.6. The molecule has 0 aliphatic rings. The minimum Gasteiger partial charge on any atom is -0.484 e. The first-order valence-corrected chi connectivity index (χ1v) is 8.23. The molecule has 0 aliphatic carbocycles. The maximum absolute atomic E-state index is 12.1. The maximum atomic E-state index is 12.1. The number of rotatable bonds is 7. The predicted molar refractivity (Wildman–Crippen MR) is 95.7 cm³/mol. The van der Waals surface area contributed by atoms with Gasteiger partial charge in [0.2, 0.25) is 0 Å². The predicted octanol–water partition coefficient (Wildman–Crippen LogP) is 3.29. The summed E-state index contributed by atoms with van der Waals surface area (Å²) >= 11 is 0. The standard InChI is InChI=1S/C20H23NO4/c1-4-15-8-10-16(11-9-15)14(2)21-19(22)13-25-18-7-5-6-17(12-18)20(23)24-3/h5-12,14H,4,13H2,1-3H3,(H,21,22)/t14-/m0/s1. The monoisotopic (exact) mass is 341 g/mol. The van der Waals surface area contributed by atoms with Crippen LogP contribution in [-0.4, -0.2) is 25.6 Å². The van der Waals surface area contributed by atoms with Crippen molar-refractivity contribution in [3.05, 3.63) is 65.2 Å².